The highest BCUT2D eigenvalue weighted by Gasteiger charge is 2.25. The first-order valence-electron chi connectivity index (χ1n) is 5.30. The molecular formula is C12H13NO3. The molecule has 16 heavy (non-hydrogen) atoms. The number of carbonyl (C=O) groups excluding carboxylic acids is 2. The lowest BCUT2D eigenvalue weighted by Crippen LogP contribution is -2.44. The van der Waals surface area contributed by atoms with Crippen LogP contribution in [0.3, 0.4) is 0 Å². The topological polar surface area (TPSA) is 55.4 Å². The smallest absolute Gasteiger partial charge is 0.328 e. The molecule has 0 aromatic heterocycles. The largest absolute Gasteiger partial charge is 0.464 e. The summed E-state index contributed by atoms with van der Waals surface area (Å²) in [6.45, 7) is 0.455. The molecule has 1 N–H and O–H groups in total. The average Bonchev–Trinajstić information content (AvgIpc) is 2.33. The van der Waals surface area contributed by atoms with E-state index >= 15 is 0 Å². The van der Waals surface area contributed by atoms with Crippen LogP contribution in [0.2, 0.25) is 0 Å². The van der Waals surface area contributed by atoms with Gasteiger partial charge in [0.2, 0.25) is 0 Å². The average molecular weight is 219 g/mol. The standard InChI is InChI=1S/C12H13NO3/c14-11(9-5-2-1-3-6-9)13-10-7-4-8-16-12(10)15/h1-3,5-6,10H,4,7-8H2,(H,13,14)/t10-/m0/s1. The number of rotatable bonds is 2. The van der Waals surface area contributed by atoms with Crippen LogP contribution in [0.5, 0.6) is 0 Å². The first-order valence-corrected chi connectivity index (χ1v) is 5.30. The van der Waals surface area contributed by atoms with E-state index in [1.54, 1.807) is 24.3 Å². The van der Waals surface area contributed by atoms with E-state index in [1.165, 1.54) is 0 Å². The molecule has 0 aliphatic carbocycles. The number of esters is 1. The summed E-state index contributed by atoms with van der Waals surface area (Å²) in [6.07, 6.45) is 1.45. The van der Waals surface area contributed by atoms with Gasteiger partial charge < -0.3 is 10.1 Å². The van der Waals surface area contributed by atoms with E-state index in [2.05, 4.69) is 5.32 Å². The number of ether oxygens (including phenoxy) is 1. The van der Waals surface area contributed by atoms with Crippen molar-refractivity contribution in [3.63, 3.8) is 0 Å². The Hall–Kier alpha value is -1.84. The molecule has 1 heterocycles. The van der Waals surface area contributed by atoms with Crippen LogP contribution in [-0.4, -0.2) is 24.5 Å². The van der Waals surface area contributed by atoms with Crippen molar-refractivity contribution in [2.24, 2.45) is 0 Å². The van der Waals surface area contributed by atoms with Gasteiger partial charge in [0.25, 0.3) is 5.91 Å². The van der Waals surface area contributed by atoms with E-state index in [4.69, 9.17) is 4.74 Å². The monoisotopic (exact) mass is 219 g/mol. The van der Waals surface area contributed by atoms with E-state index in [1.807, 2.05) is 6.07 Å². The Kier molecular flexibility index (Phi) is 3.19. The van der Waals surface area contributed by atoms with Gasteiger partial charge in [-0.1, -0.05) is 18.2 Å². The predicted octanol–water partition coefficient (Wildman–Crippen LogP) is 1.12. The molecule has 1 aliphatic heterocycles. The van der Waals surface area contributed by atoms with Crippen LogP contribution in [0.4, 0.5) is 0 Å². The van der Waals surface area contributed by atoms with Gasteiger partial charge in [0.15, 0.2) is 0 Å². The molecule has 4 nitrogen and oxygen atoms in total. The summed E-state index contributed by atoms with van der Waals surface area (Å²) >= 11 is 0. The van der Waals surface area contributed by atoms with Crippen LogP contribution in [0.25, 0.3) is 0 Å². The zero-order valence-electron chi connectivity index (χ0n) is 8.81. The maximum absolute atomic E-state index is 11.7. The summed E-state index contributed by atoms with van der Waals surface area (Å²) in [7, 11) is 0. The molecule has 1 amide bonds. The first kappa shape index (κ1) is 10.7. The van der Waals surface area contributed by atoms with Crippen molar-refractivity contribution in [3.05, 3.63) is 35.9 Å². The molecule has 1 aliphatic rings. The predicted molar refractivity (Wildman–Crippen MR) is 57.9 cm³/mol. The van der Waals surface area contributed by atoms with Crippen LogP contribution in [0, 0.1) is 0 Å². The lowest BCUT2D eigenvalue weighted by Gasteiger charge is -2.21. The minimum absolute atomic E-state index is 0.232. The van der Waals surface area contributed by atoms with Crippen molar-refractivity contribution in [1.82, 2.24) is 5.32 Å². The third kappa shape index (κ3) is 2.39. The number of carbonyl (C=O) groups is 2. The molecule has 1 fully saturated rings. The maximum Gasteiger partial charge on any atom is 0.328 e. The minimum atomic E-state index is -0.499. The van der Waals surface area contributed by atoms with E-state index in [0.29, 0.717) is 18.6 Å². The molecule has 0 unspecified atom stereocenters. The van der Waals surface area contributed by atoms with Crippen LogP contribution >= 0.6 is 0 Å². The summed E-state index contributed by atoms with van der Waals surface area (Å²) in [6, 6.07) is 8.34. The zero-order chi connectivity index (χ0) is 11.4. The molecule has 0 bridgehead atoms. The van der Waals surface area contributed by atoms with Gasteiger partial charge in [-0.05, 0) is 25.0 Å². The van der Waals surface area contributed by atoms with Crippen LogP contribution in [0.1, 0.15) is 23.2 Å². The zero-order valence-corrected chi connectivity index (χ0v) is 8.81. The lowest BCUT2D eigenvalue weighted by atomic mass is 10.1. The summed E-state index contributed by atoms with van der Waals surface area (Å²) in [5.74, 6) is -0.569. The normalized spacial score (nSPS) is 20.0. The maximum atomic E-state index is 11.7. The number of nitrogens with one attached hydrogen (secondary N) is 1. The molecular weight excluding hydrogens is 206 g/mol. The van der Waals surface area contributed by atoms with Crippen LogP contribution in [0.15, 0.2) is 30.3 Å². The summed E-state index contributed by atoms with van der Waals surface area (Å²) < 4.78 is 4.87. The molecule has 1 aromatic carbocycles. The van der Waals surface area contributed by atoms with Gasteiger partial charge in [-0.3, -0.25) is 4.79 Å². The Labute approximate surface area is 93.6 Å². The number of cyclic esters (lactones) is 1. The molecule has 0 spiro atoms. The highest BCUT2D eigenvalue weighted by molar-refractivity contribution is 5.96. The van der Waals surface area contributed by atoms with Gasteiger partial charge in [-0.2, -0.15) is 0 Å². The van der Waals surface area contributed by atoms with E-state index in [-0.39, 0.29) is 11.9 Å². The highest BCUT2D eigenvalue weighted by atomic mass is 16.5. The Morgan fingerprint density at radius 2 is 2.06 bits per heavy atom. The van der Waals surface area contributed by atoms with E-state index in [0.717, 1.165) is 6.42 Å². The Morgan fingerprint density at radius 1 is 1.31 bits per heavy atom. The van der Waals surface area contributed by atoms with Crippen molar-refractivity contribution in [2.75, 3.05) is 6.61 Å². The third-order valence-electron chi connectivity index (χ3n) is 2.51. The SMILES string of the molecule is O=C(N[C@H]1CCCOC1=O)c1ccccc1. The van der Waals surface area contributed by atoms with Crippen molar-refractivity contribution in [2.45, 2.75) is 18.9 Å². The van der Waals surface area contributed by atoms with Gasteiger partial charge in [0, 0.05) is 5.56 Å². The molecule has 2 rings (SSSR count). The van der Waals surface area contributed by atoms with Crippen molar-refractivity contribution < 1.29 is 14.3 Å². The van der Waals surface area contributed by atoms with Gasteiger partial charge in [-0.25, -0.2) is 4.79 Å². The Balaban J connectivity index is 1.99. The first-order chi connectivity index (χ1) is 7.77. The molecule has 84 valence electrons. The fourth-order valence-corrected chi connectivity index (χ4v) is 1.64. The second-order valence-electron chi connectivity index (χ2n) is 3.70. The van der Waals surface area contributed by atoms with Gasteiger partial charge >= 0.3 is 5.97 Å². The molecule has 1 aromatic rings. The van der Waals surface area contributed by atoms with Crippen molar-refractivity contribution >= 4 is 11.9 Å². The molecule has 0 saturated carbocycles. The lowest BCUT2D eigenvalue weighted by molar-refractivity contribution is -0.149. The van der Waals surface area contributed by atoms with Crippen molar-refractivity contribution in [3.8, 4) is 0 Å². The quantitative estimate of drug-likeness (QED) is 0.758. The molecule has 4 heteroatoms. The molecule has 1 atom stereocenters. The number of hydrogen-bond acceptors (Lipinski definition) is 3. The highest BCUT2D eigenvalue weighted by Crippen LogP contribution is 2.08. The second kappa shape index (κ2) is 4.79. The number of amides is 1. The summed E-state index contributed by atoms with van der Waals surface area (Å²) in [5, 5.41) is 2.67. The minimum Gasteiger partial charge on any atom is -0.464 e. The fourth-order valence-electron chi connectivity index (χ4n) is 1.64. The van der Waals surface area contributed by atoms with E-state index < -0.39 is 6.04 Å². The summed E-state index contributed by atoms with van der Waals surface area (Å²) in [5.41, 5.74) is 0.556. The number of benzene rings is 1. The van der Waals surface area contributed by atoms with Crippen LogP contribution < -0.4 is 5.32 Å². The Bertz CT molecular complexity index is 389. The van der Waals surface area contributed by atoms with Crippen LogP contribution in [-0.2, 0) is 9.53 Å². The summed E-state index contributed by atoms with van der Waals surface area (Å²) in [4.78, 5) is 23.1. The molecule has 1 saturated heterocycles. The molecule has 0 radical (unpaired) electrons. The second-order valence-corrected chi connectivity index (χ2v) is 3.70. The van der Waals surface area contributed by atoms with Crippen molar-refractivity contribution in [1.29, 1.82) is 0 Å². The van der Waals surface area contributed by atoms with Gasteiger partial charge in [-0.15, -0.1) is 0 Å². The van der Waals surface area contributed by atoms with Gasteiger partial charge in [0.05, 0.1) is 6.61 Å². The third-order valence-corrected chi connectivity index (χ3v) is 2.51. The fraction of sp³-hybridized carbons (Fsp3) is 0.333. The van der Waals surface area contributed by atoms with E-state index in [9.17, 15) is 9.59 Å². The van der Waals surface area contributed by atoms with Gasteiger partial charge in [0.1, 0.15) is 6.04 Å². The Morgan fingerprint density at radius 3 is 2.75 bits per heavy atom. The number of hydrogen-bond donors (Lipinski definition) is 1.